The number of nitrogens with zero attached hydrogens (tertiary/aromatic N) is 2. The number of guanidine groups is 1. The van der Waals surface area contributed by atoms with Crippen LogP contribution >= 0.6 is 0 Å². The Bertz CT molecular complexity index is 602. The molecule has 26 heavy (non-hydrogen) atoms. The summed E-state index contributed by atoms with van der Waals surface area (Å²) in [4.78, 5) is 18.4. The lowest BCUT2D eigenvalue weighted by molar-refractivity contribution is -0.149. The summed E-state index contributed by atoms with van der Waals surface area (Å²) < 4.78 is 10.9. The molecule has 6 heteroatoms. The van der Waals surface area contributed by atoms with E-state index in [1.165, 1.54) is 11.1 Å². The third-order valence-corrected chi connectivity index (χ3v) is 4.48. The van der Waals surface area contributed by atoms with Crippen LogP contribution in [-0.2, 0) is 9.53 Å². The molecule has 0 aromatic heterocycles. The second-order valence-corrected chi connectivity index (χ2v) is 6.66. The number of benzene rings is 1. The van der Waals surface area contributed by atoms with Gasteiger partial charge in [0.15, 0.2) is 5.96 Å². The molecule has 0 unspecified atom stereocenters. The number of nitrogens with one attached hydrogen (secondary N) is 1. The minimum Gasteiger partial charge on any atom is -0.492 e. The number of rotatable bonds is 6. The van der Waals surface area contributed by atoms with E-state index in [1.807, 2.05) is 19.1 Å². The number of hydrogen-bond donors (Lipinski definition) is 1. The van der Waals surface area contributed by atoms with E-state index >= 15 is 0 Å². The average Bonchev–Trinajstić information content (AvgIpc) is 2.61. The molecule has 1 saturated heterocycles. The van der Waals surface area contributed by atoms with E-state index < -0.39 is 0 Å². The molecule has 1 fully saturated rings. The molecule has 0 spiro atoms. The number of carbonyl (C=O) groups is 1. The third-order valence-electron chi connectivity index (χ3n) is 4.48. The summed E-state index contributed by atoms with van der Waals surface area (Å²) >= 11 is 0. The number of likely N-dealkylation sites (tertiary alicyclic amines) is 1. The zero-order chi connectivity index (χ0) is 18.9. The Kier molecular flexibility index (Phi) is 7.75. The minimum absolute atomic E-state index is 0.0113. The molecule has 6 nitrogen and oxygen atoms in total. The number of ether oxygens (including phenoxy) is 2. The third kappa shape index (κ3) is 5.93. The highest BCUT2D eigenvalue weighted by molar-refractivity contribution is 5.80. The van der Waals surface area contributed by atoms with E-state index in [9.17, 15) is 4.79 Å². The quantitative estimate of drug-likeness (QED) is 0.365. The van der Waals surface area contributed by atoms with E-state index in [4.69, 9.17) is 9.47 Å². The Labute approximate surface area is 156 Å². The molecule has 1 aliphatic heterocycles. The normalized spacial score (nSPS) is 15.7. The average molecular weight is 361 g/mol. The molecule has 0 amide bonds. The zero-order valence-corrected chi connectivity index (χ0v) is 16.4. The van der Waals surface area contributed by atoms with Crippen molar-refractivity contribution in [1.82, 2.24) is 10.2 Å². The standard InChI is InChI=1S/C20H31N3O3/c1-5-25-19(24)17-6-9-23(10-7-17)20(21-4)22-8-11-26-18-13-15(2)12-16(3)14-18/h12-14,17H,5-11H2,1-4H3,(H,21,22). The Morgan fingerprint density at radius 1 is 1.23 bits per heavy atom. The van der Waals surface area contributed by atoms with Gasteiger partial charge in [-0.15, -0.1) is 0 Å². The SMILES string of the molecule is CCOC(=O)C1CCN(C(=NC)NCCOc2cc(C)cc(C)c2)CC1. The lowest BCUT2D eigenvalue weighted by atomic mass is 9.97. The number of carbonyl (C=O) groups excluding carboxylic acids is 1. The van der Waals surface area contributed by atoms with Crippen molar-refractivity contribution in [2.45, 2.75) is 33.6 Å². The van der Waals surface area contributed by atoms with Gasteiger partial charge in [-0.3, -0.25) is 9.79 Å². The maximum absolute atomic E-state index is 11.8. The first kappa shape index (κ1) is 20.1. The van der Waals surface area contributed by atoms with Crippen LogP contribution in [0.2, 0.25) is 0 Å². The Morgan fingerprint density at radius 2 is 1.88 bits per heavy atom. The van der Waals surface area contributed by atoms with Crippen LogP contribution in [0.3, 0.4) is 0 Å². The number of aryl methyl sites for hydroxylation is 2. The van der Waals surface area contributed by atoms with Gasteiger partial charge in [0, 0.05) is 20.1 Å². The highest BCUT2D eigenvalue weighted by Gasteiger charge is 2.27. The highest BCUT2D eigenvalue weighted by Crippen LogP contribution is 2.19. The van der Waals surface area contributed by atoms with Crippen molar-refractivity contribution in [3.05, 3.63) is 29.3 Å². The van der Waals surface area contributed by atoms with Crippen LogP contribution < -0.4 is 10.1 Å². The van der Waals surface area contributed by atoms with Crippen LogP contribution in [0.25, 0.3) is 0 Å². The Balaban J connectivity index is 1.74. The summed E-state index contributed by atoms with van der Waals surface area (Å²) in [6, 6.07) is 6.22. The fraction of sp³-hybridized carbons (Fsp3) is 0.600. The smallest absolute Gasteiger partial charge is 0.309 e. The molecule has 1 heterocycles. The summed E-state index contributed by atoms with van der Waals surface area (Å²) in [7, 11) is 1.78. The van der Waals surface area contributed by atoms with Crippen molar-refractivity contribution in [3.63, 3.8) is 0 Å². The lowest BCUT2D eigenvalue weighted by Gasteiger charge is -2.33. The molecule has 144 valence electrons. The summed E-state index contributed by atoms with van der Waals surface area (Å²) in [5.74, 6) is 1.69. The van der Waals surface area contributed by atoms with E-state index in [0.717, 1.165) is 37.6 Å². The van der Waals surface area contributed by atoms with Gasteiger partial charge in [0.1, 0.15) is 12.4 Å². The molecule has 1 N–H and O–H groups in total. The monoisotopic (exact) mass is 361 g/mol. The molecular formula is C20H31N3O3. The van der Waals surface area contributed by atoms with Crippen LogP contribution in [0.1, 0.15) is 30.9 Å². The van der Waals surface area contributed by atoms with E-state index in [-0.39, 0.29) is 11.9 Å². The van der Waals surface area contributed by atoms with E-state index in [0.29, 0.717) is 19.8 Å². The van der Waals surface area contributed by atoms with Crippen molar-refractivity contribution < 1.29 is 14.3 Å². The first-order chi connectivity index (χ1) is 12.5. The topological polar surface area (TPSA) is 63.2 Å². The molecule has 0 radical (unpaired) electrons. The van der Waals surface area contributed by atoms with Crippen molar-refractivity contribution in [2.75, 3.05) is 39.9 Å². The van der Waals surface area contributed by atoms with Gasteiger partial charge >= 0.3 is 5.97 Å². The number of esters is 1. The van der Waals surface area contributed by atoms with Gasteiger partial charge in [-0.2, -0.15) is 0 Å². The molecule has 0 bridgehead atoms. The molecular weight excluding hydrogens is 330 g/mol. The van der Waals surface area contributed by atoms with Crippen LogP contribution in [0.5, 0.6) is 5.75 Å². The maximum Gasteiger partial charge on any atom is 0.309 e. The van der Waals surface area contributed by atoms with Gasteiger partial charge in [-0.25, -0.2) is 0 Å². The maximum atomic E-state index is 11.8. The summed E-state index contributed by atoms with van der Waals surface area (Å²) in [6.45, 7) is 9.29. The second kappa shape index (κ2) is 10.0. The zero-order valence-electron chi connectivity index (χ0n) is 16.4. The summed E-state index contributed by atoms with van der Waals surface area (Å²) in [5.41, 5.74) is 2.40. The molecule has 1 aliphatic rings. The van der Waals surface area contributed by atoms with Gasteiger partial charge in [-0.05, 0) is 56.9 Å². The largest absolute Gasteiger partial charge is 0.492 e. The molecule has 0 saturated carbocycles. The molecule has 0 aliphatic carbocycles. The predicted molar refractivity (Wildman–Crippen MR) is 104 cm³/mol. The van der Waals surface area contributed by atoms with Gasteiger partial charge in [0.05, 0.1) is 19.1 Å². The highest BCUT2D eigenvalue weighted by atomic mass is 16.5. The molecule has 1 aromatic rings. The van der Waals surface area contributed by atoms with Crippen LogP contribution in [0.4, 0.5) is 0 Å². The van der Waals surface area contributed by atoms with Gasteiger partial charge in [0.25, 0.3) is 0 Å². The van der Waals surface area contributed by atoms with E-state index in [2.05, 4.69) is 35.1 Å². The molecule has 0 atom stereocenters. The van der Waals surface area contributed by atoms with Crippen LogP contribution in [0, 0.1) is 19.8 Å². The van der Waals surface area contributed by atoms with Crippen LogP contribution in [0.15, 0.2) is 23.2 Å². The Morgan fingerprint density at radius 3 is 2.46 bits per heavy atom. The first-order valence-corrected chi connectivity index (χ1v) is 9.36. The molecule has 2 rings (SSSR count). The predicted octanol–water partition coefficient (Wildman–Crippen LogP) is 2.53. The van der Waals surface area contributed by atoms with Gasteiger partial charge in [-0.1, -0.05) is 6.07 Å². The lowest BCUT2D eigenvalue weighted by Crippen LogP contribution is -2.47. The fourth-order valence-electron chi connectivity index (χ4n) is 3.27. The fourth-order valence-corrected chi connectivity index (χ4v) is 3.27. The summed E-state index contributed by atoms with van der Waals surface area (Å²) in [5, 5.41) is 3.34. The number of aliphatic imine (C=N–C) groups is 1. The minimum atomic E-state index is -0.0723. The van der Waals surface area contributed by atoms with Gasteiger partial charge < -0.3 is 19.7 Å². The van der Waals surface area contributed by atoms with Crippen molar-refractivity contribution in [3.8, 4) is 5.75 Å². The number of hydrogen-bond acceptors (Lipinski definition) is 4. The number of piperidine rings is 1. The summed E-state index contributed by atoms with van der Waals surface area (Å²) in [6.07, 6.45) is 1.61. The second-order valence-electron chi connectivity index (χ2n) is 6.66. The van der Waals surface area contributed by atoms with Crippen molar-refractivity contribution in [1.29, 1.82) is 0 Å². The van der Waals surface area contributed by atoms with Crippen molar-refractivity contribution in [2.24, 2.45) is 10.9 Å². The van der Waals surface area contributed by atoms with Crippen molar-refractivity contribution >= 4 is 11.9 Å². The first-order valence-electron chi connectivity index (χ1n) is 9.36. The van der Waals surface area contributed by atoms with Crippen LogP contribution in [-0.4, -0.2) is 56.7 Å². The van der Waals surface area contributed by atoms with Gasteiger partial charge in [0.2, 0.25) is 0 Å². The molecule has 1 aromatic carbocycles. The Hall–Kier alpha value is -2.24. The van der Waals surface area contributed by atoms with E-state index in [1.54, 1.807) is 7.05 Å².